The third-order valence-electron chi connectivity index (χ3n) is 3.98. The highest BCUT2D eigenvalue weighted by Gasteiger charge is 2.31. The van der Waals surface area contributed by atoms with E-state index in [4.69, 9.17) is 11.6 Å². The molecule has 2 rings (SSSR count). The maximum Gasteiger partial charge on any atom is 0.285 e. The van der Waals surface area contributed by atoms with Gasteiger partial charge in [-0.1, -0.05) is 12.1 Å². The summed E-state index contributed by atoms with van der Waals surface area (Å²) >= 11 is 5.81. The fourth-order valence-electron chi connectivity index (χ4n) is 2.92. The standard InChI is InChI=1S/C15H19ClN2O3/c1-11-5-4-7-13(14(11)18(20)21)15(19)17-10-3-2-6-12(17)8-9-16/h4-5,7,12H,2-3,6,8-10H2,1H3. The van der Waals surface area contributed by atoms with Crippen molar-refractivity contribution in [3.05, 3.63) is 39.4 Å². The van der Waals surface area contributed by atoms with Crippen molar-refractivity contribution in [2.45, 2.75) is 38.6 Å². The summed E-state index contributed by atoms with van der Waals surface area (Å²) < 4.78 is 0. The summed E-state index contributed by atoms with van der Waals surface area (Å²) in [6.45, 7) is 2.30. The minimum Gasteiger partial charge on any atom is -0.335 e. The molecule has 0 aliphatic carbocycles. The van der Waals surface area contributed by atoms with Crippen LogP contribution in [0.1, 0.15) is 41.6 Å². The number of aryl methyl sites for hydroxylation is 1. The topological polar surface area (TPSA) is 63.5 Å². The zero-order chi connectivity index (χ0) is 15.4. The summed E-state index contributed by atoms with van der Waals surface area (Å²) in [6, 6.07) is 4.97. The monoisotopic (exact) mass is 310 g/mol. The van der Waals surface area contributed by atoms with Crippen molar-refractivity contribution in [1.82, 2.24) is 4.90 Å². The quantitative estimate of drug-likeness (QED) is 0.485. The van der Waals surface area contributed by atoms with Crippen LogP contribution in [0, 0.1) is 17.0 Å². The first-order chi connectivity index (χ1) is 10.1. The van der Waals surface area contributed by atoms with Crippen molar-refractivity contribution in [2.75, 3.05) is 12.4 Å². The molecule has 1 aromatic rings. The van der Waals surface area contributed by atoms with Crippen LogP contribution in [0.4, 0.5) is 5.69 Å². The molecule has 114 valence electrons. The summed E-state index contributed by atoms with van der Waals surface area (Å²) in [5.41, 5.74) is 0.607. The lowest BCUT2D eigenvalue weighted by Gasteiger charge is -2.35. The van der Waals surface area contributed by atoms with Gasteiger partial charge in [-0.3, -0.25) is 14.9 Å². The molecule has 5 nitrogen and oxygen atoms in total. The predicted molar refractivity (Wildman–Crippen MR) is 81.8 cm³/mol. The number of likely N-dealkylation sites (tertiary alicyclic amines) is 1. The normalized spacial score (nSPS) is 18.6. The maximum absolute atomic E-state index is 12.7. The van der Waals surface area contributed by atoms with Crippen LogP contribution in [-0.4, -0.2) is 34.2 Å². The minimum absolute atomic E-state index is 0.0855. The average molecular weight is 311 g/mol. The molecule has 1 aromatic carbocycles. The predicted octanol–water partition coefficient (Wildman–Crippen LogP) is 3.53. The third-order valence-corrected chi connectivity index (χ3v) is 4.20. The first-order valence-electron chi connectivity index (χ1n) is 7.17. The number of nitrogens with zero attached hydrogens (tertiary/aromatic N) is 2. The SMILES string of the molecule is Cc1cccc(C(=O)N2CCCCC2CCCl)c1[N+](=O)[O-]. The Morgan fingerprint density at radius 3 is 2.90 bits per heavy atom. The molecule has 0 radical (unpaired) electrons. The summed E-state index contributed by atoms with van der Waals surface area (Å²) in [4.78, 5) is 25.3. The fourth-order valence-corrected chi connectivity index (χ4v) is 3.17. The van der Waals surface area contributed by atoms with Crippen molar-refractivity contribution in [1.29, 1.82) is 0 Å². The van der Waals surface area contributed by atoms with Gasteiger partial charge in [-0.25, -0.2) is 0 Å². The molecule has 1 unspecified atom stereocenters. The van der Waals surface area contributed by atoms with Crippen molar-refractivity contribution >= 4 is 23.2 Å². The number of hydrogen-bond acceptors (Lipinski definition) is 3. The number of nitro groups is 1. The van der Waals surface area contributed by atoms with Crippen LogP contribution in [0.15, 0.2) is 18.2 Å². The Hall–Kier alpha value is -1.62. The lowest BCUT2D eigenvalue weighted by molar-refractivity contribution is -0.385. The Morgan fingerprint density at radius 1 is 1.48 bits per heavy atom. The van der Waals surface area contributed by atoms with Gasteiger partial charge >= 0.3 is 0 Å². The third kappa shape index (κ3) is 3.35. The largest absolute Gasteiger partial charge is 0.335 e. The maximum atomic E-state index is 12.7. The molecule has 1 aliphatic rings. The lowest BCUT2D eigenvalue weighted by atomic mass is 9.98. The minimum atomic E-state index is -0.469. The number of rotatable bonds is 4. The smallest absolute Gasteiger partial charge is 0.285 e. The first-order valence-corrected chi connectivity index (χ1v) is 7.70. The Bertz CT molecular complexity index is 546. The second-order valence-corrected chi connectivity index (χ2v) is 5.73. The van der Waals surface area contributed by atoms with Gasteiger partial charge in [-0.15, -0.1) is 11.6 Å². The van der Waals surface area contributed by atoms with Gasteiger partial charge in [0.05, 0.1) is 4.92 Å². The molecule has 1 heterocycles. The molecule has 6 heteroatoms. The van der Waals surface area contributed by atoms with Gasteiger partial charge in [0, 0.05) is 24.0 Å². The summed E-state index contributed by atoms with van der Waals surface area (Å²) in [5.74, 6) is 0.241. The van der Waals surface area contributed by atoms with E-state index in [2.05, 4.69) is 0 Å². The van der Waals surface area contributed by atoms with Crippen molar-refractivity contribution in [2.24, 2.45) is 0 Å². The van der Waals surface area contributed by atoms with E-state index in [0.29, 0.717) is 18.0 Å². The Labute approximate surface area is 129 Å². The molecule has 1 atom stereocenters. The number of nitro benzene ring substituents is 1. The van der Waals surface area contributed by atoms with Crippen molar-refractivity contribution < 1.29 is 9.72 Å². The van der Waals surface area contributed by atoms with Gasteiger partial charge in [0.25, 0.3) is 11.6 Å². The van der Waals surface area contributed by atoms with Crippen LogP contribution in [0.2, 0.25) is 0 Å². The number of benzene rings is 1. The summed E-state index contributed by atoms with van der Waals surface area (Å²) in [7, 11) is 0. The summed E-state index contributed by atoms with van der Waals surface area (Å²) in [5, 5.41) is 11.3. The molecule has 0 N–H and O–H groups in total. The molecule has 21 heavy (non-hydrogen) atoms. The zero-order valence-corrected chi connectivity index (χ0v) is 12.8. The fraction of sp³-hybridized carbons (Fsp3) is 0.533. The van der Waals surface area contributed by atoms with Gasteiger partial charge in [0.15, 0.2) is 0 Å². The highest BCUT2D eigenvalue weighted by atomic mass is 35.5. The second kappa shape index (κ2) is 6.89. The molecule has 1 fully saturated rings. The lowest BCUT2D eigenvalue weighted by Crippen LogP contribution is -2.44. The van der Waals surface area contributed by atoms with E-state index >= 15 is 0 Å². The molecular weight excluding hydrogens is 292 g/mol. The average Bonchev–Trinajstić information content (AvgIpc) is 2.47. The van der Waals surface area contributed by atoms with Gasteiger partial charge in [0.1, 0.15) is 5.56 Å². The van der Waals surface area contributed by atoms with E-state index in [9.17, 15) is 14.9 Å². The van der Waals surface area contributed by atoms with Crippen LogP contribution in [0.5, 0.6) is 0 Å². The van der Waals surface area contributed by atoms with Crippen LogP contribution >= 0.6 is 11.6 Å². The van der Waals surface area contributed by atoms with Crippen LogP contribution in [0.25, 0.3) is 0 Å². The Morgan fingerprint density at radius 2 is 2.24 bits per heavy atom. The summed E-state index contributed by atoms with van der Waals surface area (Å²) in [6.07, 6.45) is 3.65. The number of piperidine rings is 1. The number of halogens is 1. The number of alkyl halides is 1. The number of amides is 1. The number of carbonyl (C=O) groups is 1. The highest BCUT2D eigenvalue weighted by molar-refractivity contribution is 6.17. The molecule has 0 saturated carbocycles. The van der Waals surface area contributed by atoms with Crippen LogP contribution in [-0.2, 0) is 0 Å². The van der Waals surface area contributed by atoms with Gasteiger partial charge < -0.3 is 4.90 Å². The molecule has 0 aromatic heterocycles. The molecular formula is C15H19ClN2O3. The first kappa shape index (κ1) is 15.8. The molecule has 0 bridgehead atoms. The zero-order valence-electron chi connectivity index (χ0n) is 12.0. The van der Waals surface area contributed by atoms with E-state index in [1.165, 1.54) is 0 Å². The molecule has 1 saturated heterocycles. The van der Waals surface area contributed by atoms with Gasteiger partial charge in [-0.05, 0) is 38.7 Å². The van der Waals surface area contributed by atoms with E-state index in [0.717, 1.165) is 25.7 Å². The Kier molecular flexibility index (Phi) is 5.17. The van der Waals surface area contributed by atoms with Gasteiger partial charge in [0.2, 0.25) is 0 Å². The van der Waals surface area contributed by atoms with Crippen molar-refractivity contribution in [3.63, 3.8) is 0 Å². The number of para-hydroxylation sites is 1. The molecule has 0 spiro atoms. The van der Waals surface area contributed by atoms with Crippen LogP contribution in [0.3, 0.4) is 0 Å². The molecule has 1 aliphatic heterocycles. The second-order valence-electron chi connectivity index (χ2n) is 5.35. The number of carbonyl (C=O) groups excluding carboxylic acids is 1. The van der Waals surface area contributed by atoms with Crippen LogP contribution < -0.4 is 0 Å². The number of hydrogen-bond donors (Lipinski definition) is 0. The Balaban J connectivity index is 2.34. The van der Waals surface area contributed by atoms with E-state index in [1.54, 1.807) is 30.0 Å². The van der Waals surface area contributed by atoms with Crippen molar-refractivity contribution in [3.8, 4) is 0 Å². The highest BCUT2D eigenvalue weighted by Crippen LogP contribution is 2.28. The molecule has 1 amide bonds. The van der Waals surface area contributed by atoms with Gasteiger partial charge in [-0.2, -0.15) is 0 Å². The van der Waals surface area contributed by atoms with E-state index in [1.807, 2.05) is 0 Å². The van der Waals surface area contributed by atoms with E-state index < -0.39 is 4.92 Å². The van der Waals surface area contributed by atoms with E-state index in [-0.39, 0.29) is 23.2 Å².